The zero-order valence-corrected chi connectivity index (χ0v) is 11.8. The molecule has 0 aliphatic rings. The van der Waals surface area contributed by atoms with E-state index in [0.717, 1.165) is 6.42 Å². The van der Waals surface area contributed by atoms with Gasteiger partial charge in [0.2, 0.25) is 0 Å². The quantitative estimate of drug-likeness (QED) is 0.701. The van der Waals surface area contributed by atoms with E-state index in [-0.39, 0.29) is 5.97 Å². The van der Waals surface area contributed by atoms with Gasteiger partial charge in [-0.1, -0.05) is 6.92 Å². The van der Waals surface area contributed by atoms with Gasteiger partial charge in [0.05, 0.1) is 6.61 Å². The second kappa shape index (κ2) is 12.3. The van der Waals surface area contributed by atoms with Crippen LogP contribution < -0.4 is 0 Å². The third-order valence-electron chi connectivity index (χ3n) is 1.90. The Hall–Kier alpha value is -1.14. The van der Waals surface area contributed by atoms with Crippen LogP contribution >= 0.6 is 0 Å². The first-order valence-electron chi connectivity index (χ1n) is 5.94. The summed E-state index contributed by atoms with van der Waals surface area (Å²) in [5.74, 6) is -1.20. The molecule has 2 unspecified atom stereocenters. The molecule has 108 valence electrons. The first-order valence-corrected chi connectivity index (χ1v) is 5.94. The van der Waals surface area contributed by atoms with Crippen LogP contribution in [0.15, 0.2) is 0 Å². The molecule has 0 heterocycles. The molecule has 0 aromatic heterocycles. The van der Waals surface area contributed by atoms with Gasteiger partial charge < -0.3 is 19.3 Å². The SMILES string of the molecule is CCCOC(=O)C(C)OC.CCOC(C)C(=O)O. The highest BCUT2D eigenvalue weighted by Crippen LogP contribution is 1.92. The lowest BCUT2D eigenvalue weighted by Gasteiger charge is -2.07. The topological polar surface area (TPSA) is 82.1 Å². The maximum absolute atomic E-state index is 10.8. The van der Waals surface area contributed by atoms with Crippen molar-refractivity contribution in [1.29, 1.82) is 0 Å². The molecule has 0 saturated carbocycles. The number of ether oxygens (including phenoxy) is 3. The molecule has 0 aliphatic heterocycles. The highest BCUT2D eigenvalue weighted by atomic mass is 16.6. The van der Waals surface area contributed by atoms with Gasteiger partial charge in [0.15, 0.2) is 12.2 Å². The van der Waals surface area contributed by atoms with Crippen LogP contribution in [0.3, 0.4) is 0 Å². The fraction of sp³-hybridized carbons (Fsp3) is 0.833. The molecule has 0 saturated heterocycles. The van der Waals surface area contributed by atoms with Crippen molar-refractivity contribution in [2.24, 2.45) is 0 Å². The van der Waals surface area contributed by atoms with Gasteiger partial charge in [-0.05, 0) is 27.2 Å². The standard InChI is InChI=1S/C7H14O3.C5H10O3/c1-4-5-10-7(8)6(2)9-3;1-3-8-4(2)5(6)7/h6H,4-5H2,1-3H3;4H,3H2,1-2H3,(H,6,7). The maximum atomic E-state index is 10.8. The van der Waals surface area contributed by atoms with Gasteiger partial charge in [-0.3, -0.25) is 0 Å². The number of aliphatic carboxylic acids is 1. The van der Waals surface area contributed by atoms with Gasteiger partial charge in [-0.25, -0.2) is 9.59 Å². The average Bonchev–Trinajstić information content (AvgIpc) is 2.35. The minimum atomic E-state index is -0.910. The molecular weight excluding hydrogens is 240 g/mol. The minimum Gasteiger partial charge on any atom is -0.479 e. The summed E-state index contributed by atoms with van der Waals surface area (Å²) in [7, 11) is 1.48. The second-order valence-corrected chi connectivity index (χ2v) is 3.48. The summed E-state index contributed by atoms with van der Waals surface area (Å²) in [4.78, 5) is 20.7. The summed E-state index contributed by atoms with van der Waals surface area (Å²) in [6.07, 6.45) is -0.256. The zero-order valence-electron chi connectivity index (χ0n) is 11.8. The number of hydrogen-bond acceptors (Lipinski definition) is 5. The van der Waals surface area contributed by atoms with E-state index >= 15 is 0 Å². The third kappa shape index (κ3) is 11.3. The number of esters is 1. The molecule has 18 heavy (non-hydrogen) atoms. The van der Waals surface area contributed by atoms with Crippen molar-refractivity contribution in [1.82, 2.24) is 0 Å². The lowest BCUT2D eigenvalue weighted by Crippen LogP contribution is -2.21. The fourth-order valence-electron chi connectivity index (χ4n) is 0.738. The van der Waals surface area contributed by atoms with Crippen molar-refractivity contribution in [3.8, 4) is 0 Å². The van der Waals surface area contributed by atoms with Gasteiger partial charge in [0, 0.05) is 13.7 Å². The molecule has 0 spiro atoms. The van der Waals surface area contributed by atoms with Crippen LogP contribution in [-0.2, 0) is 23.8 Å². The number of methoxy groups -OCH3 is 1. The molecule has 0 aromatic carbocycles. The zero-order chi connectivity index (χ0) is 14.6. The number of hydrogen-bond donors (Lipinski definition) is 1. The summed E-state index contributed by atoms with van der Waals surface area (Å²) >= 11 is 0. The van der Waals surface area contributed by atoms with Crippen LogP contribution in [-0.4, -0.2) is 49.6 Å². The van der Waals surface area contributed by atoms with Crippen molar-refractivity contribution in [2.45, 2.75) is 46.3 Å². The van der Waals surface area contributed by atoms with E-state index in [4.69, 9.17) is 19.3 Å². The second-order valence-electron chi connectivity index (χ2n) is 3.48. The highest BCUT2D eigenvalue weighted by Gasteiger charge is 2.11. The monoisotopic (exact) mass is 264 g/mol. The van der Waals surface area contributed by atoms with Crippen LogP contribution in [0.4, 0.5) is 0 Å². The number of rotatable bonds is 7. The smallest absolute Gasteiger partial charge is 0.334 e. The molecule has 6 nitrogen and oxygen atoms in total. The Kier molecular flexibility index (Phi) is 13.1. The van der Waals surface area contributed by atoms with Crippen LogP contribution in [0.5, 0.6) is 0 Å². The van der Waals surface area contributed by atoms with E-state index in [1.54, 1.807) is 13.8 Å². The van der Waals surface area contributed by atoms with Crippen molar-refractivity contribution in [2.75, 3.05) is 20.3 Å². The Morgan fingerprint density at radius 2 is 1.72 bits per heavy atom. The fourth-order valence-corrected chi connectivity index (χ4v) is 0.738. The lowest BCUT2D eigenvalue weighted by atomic mass is 10.4. The van der Waals surface area contributed by atoms with E-state index < -0.39 is 18.2 Å². The summed E-state index contributed by atoms with van der Waals surface area (Å²) in [5, 5.41) is 8.19. The molecule has 0 rings (SSSR count). The maximum Gasteiger partial charge on any atom is 0.334 e. The first kappa shape index (κ1) is 19.2. The number of carbonyl (C=O) groups excluding carboxylic acids is 1. The first-order chi connectivity index (χ1) is 8.40. The normalized spacial score (nSPS) is 12.9. The van der Waals surface area contributed by atoms with E-state index in [1.165, 1.54) is 14.0 Å². The lowest BCUT2D eigenvalue weighted by molar-refractivity contribution is -0.154. The average molecular weight is 264 g/mol. The number of carboxylic acids is 1. The van der Waals surface area contributed by atoms with E-state index in [0.29, 0.717) is 13.2 Å². The van der Waals surface area contributed by atoms with Crippen molar-refractivity contribution in [3.63, 3.8) is 0 Å². The third-order valence-corrected chi connectivity index (χ3v) is 1.90. The predicted molar refractivity (Wildman–Crippen MR) is 66.4 cm³/mol. The highest BCUT2D eigenvalue weighted by molar-refractivity contribution is 5.74. The summed E-state index contributed by atoms with van der Waals surface area (Å²) in [6.45, 7) is 7.81. The van der Waals surface area contributed by atoms with Gasteiger partial charge in [-0.15, -0.1) is 0 Å². The number of carbonyl (C=O) groups is 2. The Balaban J connectivity index is 0. The summed E-state index contributed by atoms with van der Waals surface area (Å²) in [6, 6.07) is 0. The molecular formula is C12H24O6. The molecule has 0 amide bonds. The minimum absolute atomic E-state index is 0.288. The number of carboxylic acid groups (broad SMARTS) is 1. The molecule has 6 heteroatoms. The molecule has 0 bridgehead atoms. The Bertz CT molecular complexity index is 229. The molecule has 1 N–H and O–H groups in total. The Morgan fingerprint density at radius 1 is 1.17 bits per heavy atom. The summed E-state index contributed by atoms with van der Waals surface area (Å²) < 4.78 is 14.2. The Morgan fingerprint density at radius 3 is 2.00 bits per heavy atom. The van der Waals surface area contributed by atoms with E-state index in [2.05, 4.69) is 0 Å². The predicted octanol–water partition coefficient (Wildman–Crippen LogP) is 1.47. The molecule has 0 radical (unpaired) electrons. The van der Waals surface area contributed by atoms with Gasteiger partial charge in [0.25, 0.3) is 0 Å². The van der Waals surface area contributed by atoms with Crippen LogP contribution in [0, 0.1) is 0 Å². The summed E-state index contributed by atoms with van der Waals surface area (Å²) in [5.41, 5.74) is 0. The van der Waals surface area contributed by atoms with Crippen molar-refractivity contribution in [3.05, 3.63) is 0 Å². The molecule has 2 atom stereocenters. The van der Waals surface area contributed by atoms with Crippen LogP contribution in [0.25, 0.3) is 0 Å². The van der Waals surface area contributed by atoms with Gasteiger partial charge in [0.1, 0.15) is 0 Å². The largest absolute Gasteiger partial charge is 0.479 e. The molecule has 0 fully saturated rings. The molecule has 0 aromatic rings. The van der Waals surface area contributed by atoms with Crippen LogP contribution in [0.1, 0.15) is 34.1 Å². The van der Waals surface area contributed by atoms with Crippen molar-refractivity contribution >= 4 is 11.9 Å². The van der Waals surface area contributed by atoms with Crippen molar-refractivity contribution < 1.29 is 28.9 Å². The van der Waals surface area contributed by atoms with E-state index in [9.17, 15) is 9.59 Å². The van der Waals surface area contributed by atoms with E-state index in [1.807, 2.05) is 6.92 Å². The van der Waals surface area contributed by atoms with Crippen LogP contribution in [0.2, 0.25) is 0 Å². The van der Waals surface area contributed by atoms with Gasteiger partial charge in [-0.2, -0.15) is 0 Å². The van der Waals surface area contributed by atoms with Gasteiger partial charge >= 0.3 is 11.9 Å². The Labute approximate surface area is 108 Å². The molecule has 0 aliphatic carbocycles.